The van der Waals surface area contributed by atoms with Crippen molar-refractivity contribution < 1.29 is 0 Å². The van der Waals surface area contributed by atoms with Gasteiger partial charge in [-0.3, -0.25) is 0 Å². The smallest absolute Gasteiger partial charge is 0.0465 e. The Bertz CT molecular complexity index is 340. The molecule has 0 aromatic carbocycles. The molecule has 0 saturated heterocycles. The van der Waals surface area contributed by atoms with Gasteiger partial charge < -0.3 is 5.32 Å². The highest BCUT2D eigenvalue weighted by Gasteiger charge is 2.58. The fourth-order valence-corrected chi connectivity index (χ4v) is 3.86. The van der Waals surface area contributed by atoms with E-state index >= 15 is 0 Å². The Labute approximate surface area is 120 Å². The van der Waals surface area contributed by atoms with Gasteiger partial charge in [-0.25, -0.2) is 0 Å². The number of hydrogen-bond acceptors (Lipinski definition) is 1. The van der Waals surface area contributed by atoms with Gasteiger partial charge in [-0.1, -0.05) is 66.2 Å². The lowest BCUT2D eigenvalue weighted by atomic mass is 9.95. The summed E-state index contributed by atoms with van der Waals surface area (Å²) in [6, 6.07) is 0.391. The summed E-state index contributed by atoms with van der Waals surface area (Å²) in [7, 11) is 0. The third-order valence-corrected chi connectivity index (χ3v) is 5.20. The average molecular weight is 263 g/mol. The fourth-order valence-electron chi connectivity index (χ4n) is 3.86. The first kappa shape index (κ1) is 16.3. The SMILES string of the molecule is C=C(C)C(CCC)NC(=C)C(C)C1C(CC)C1(C)C. The van der Waals surface area contributed by atoms with E-state index in [4.69, 9.17) is 0 Å². The topological polar surface area (TPSA) is 12.0 Å². The number of nitrogens with one attached hydrogen (secondary N) is 1. The second kappa shape index (κ2) is 6.15. The molecule has 1 fully saturated rings. The van der Waals surface area contributed by atoms with Gasteiger partial charge in [0.15, 0.2) is 0 Å². The van der Waals surface area contributed by atoms with Gasteiger partial charge in [0.05, 0.1) is 0 Å². The summed E-state index contributed by atoms with van der Waals surface area (Å²) in [4.78, 5) is 0. The molecule has 1 heteroatoms. The molecule has 4 atom stereocenters. The molecule has 0 aromatic rings. The summed E-state index contributed by atoms with van der Waals surface area (Å²) in [5.41, 5.74) is 2.91. The second-order valence-electron chi connectivity index (χ2n) is 7.01. The first-order valence-corrected chi connectivity index (χ1v) is 7.88. The van der Waals surface area contributed by atoms with Crippen LogP contribution in [0.15, 0.2) is 24.4 Å². The van der Waals surface area contributed by atoms with E-state index in [1.165, 1.54) is 24.1 Å². The Hall–Kier alpha value is -0.720. The maximum atomic E-state index is 4.30. The molecular formula is C18H33N. The zero-order chi connectivity index (χ0) is 14.8. The van der Waals surface area contributed by atoms with E-state index in [1.807, 2.05) is 0 Å². The van der Waals surface area contributed by atoms with Gasteiger partial charge in [0.2, 0.25) is 0 Å². The molecule has 0 aliphatic heterocycles. The monoisotopic (exact) mass is 263 g/mol. The van der Waals surface area contributed by atoms with Crippen molar-refractivity contribution in [3.8, 4) is 0 Å². The Balaban J connectivity index is 2.61. The number of rotatable bonds is 8. The van der Waals surface area contributed by atoms with Crippen molar-refractivity contribution in [2.45, 2.75) is 66.8 Å². The predicted molar refractivity (Wildman–Crippen MR) is 86.0 cm³/mol. The molecule has 0 aromatic heterocycles. The molecule has 1 aliphatic rings. The molecule has 1 N–H and O–H groups in total. The zero-order valence-electron chi connectivity index (χ0n) is 13.8. The van der Waals surface area contributed by atoms with Crippen LogP contribution in [-0.4, -0.2) is 6.04 Å². The summed E-state index contributed by atoms with van der Waals surface area (Å²) in [6.45, 7) is 22.2. The van der Waals surface area contributed by atoms with Crippen LogP contribution in [0.2, 0.25) is 0 Å². The Morgan fingerprint density at radius 3 is 2.21 bits per heavy atom. The van der Waals surface area contributed by atoms with Crippen LogP contribution in [0.1, 0.15) is 60.8 Å². The van der Waals surface area contributed by atoms with E-state index in [0.717, 1.165) is 18.3 Å². The maximum Gasteiger partial charge on any atom is 0.0465 e. The van der Waals surface area contributed by atoms with Crippen molar-refractivity contribution >= 4 is 0 Å². The highest BCUT2D eigenvalue weighted by molar-refractivity contribution is 5.16. The minimum atomic E-state index is 0.391. The summed E-state index contributed by atoms with van der Waals surface area (Å²) in [5.74, 6) is 2.19. The quantitative estimate of drug-likeness (QED) is 0.597. The largest absolute Gasteiger partial charge is 0.382 e. The lowest BCUT2D eigenvalue weighted by Crippen LogP contribution is -2.32. The van der Waals surface area contributed by atoms with E-state index in [0.29, 0.717) is 17.4 Å². The first-order valence-electron chi connectivity index (χ1n) is 7.88. The van der Waals surface area contributed by atoms with Gasteiger partial charge in [-0.05, 0) is 36.5 Å². The molecule has 0 radical (unpaired) electrons. The lowest BCUT2D eigenvalue weighted by Gasteiger charge is -2.25. The minimum Gasteiger partial charge on any atom is -0.382 e. The van der Waals surface area contributed by atoms with Crippen LogP contribution in [-0.2, 0) is 0 Å². The highest BCUT2D eigenvalue weighted by atomic mass is 14.9. The van der Waals surface area contributed by atoms with Crippen molar-refractivity contribution in [3.63, 3.8) is 0 Å². The molecule has 19 heavy (non-hydrogen) atoms. The molecule has 110 valence electrons. The van der Waals surface area contributed by atoms with Gasteiger partial charge in [0.1, 0.15) is 0 Å². The fraction of sp³-hybridized carbons (Fsp3) is 0.778. The van der Waals surface area contributed by atoms with Gasteiger partial charge >= 0.3 is 0 Å². The summed E-state index contributed by atoms with van der Waals surface area (Å²) < 4.78 is 0. The molecule has 1 saturated carbocycles. The van der Waals surface area contributed by atoms with Crippen molar-refractivity contribution in [1.29, 1.82) is 0 Å². The van der Waals surface area contributed by atoms with Crippen LogP contribution in [0.5, 0.6) is 0 Å². The predicted octanol–water partition coefficient (Wildman–Crippen LogP) is 5.15. The van der Waals surface area contributed by atoms with Gasteiger partial charge in [-0.15, -0.1) is 0 Å². The third-order valence-electron chi connectivity index (χ3n) is 5.20. The van der Waals surface area contributed by atoms with E-state index in [1.54, 1.807) is 0 Å². The molecule has 1 rings (SSSR count). The van der Waals surface area contributed by atoms with Crippen molar-refractivity contribution in [1.82, 2.24) is 5.32 Å². The van der Waals surface area contributed by atoms with Crippen LogP contribution < -0.4 is 5.32 Å². The molecule has 4 unspecified atom stereocenters. The minimum absolute atomic E-state index is 0.391. The van der Waals surface area contributed by atoms with Gasteiger partial charge in [0.25, 0.3) is 0 Å². The number of allylic oxidation sites excluding steroid dienone is 1. The standard InChI is InChI=1S/C18H33N/c1-9-11-16(12(3)4)19-14(6)13(5)17-15(10-2)18(17,7)8/h13,15-17,19H,3,6,9-11H2,1-2,4-5,7-8H3. The van der Waals surface area contributed by atoms with E-state index in [-0.39, 0.29) is 0 Å². The van der Waals surface area contributed by atoms with Crippen molar-refractivity contribution in [2.75, 3.05) is 0 Å². The molecule has 1 aliphatic carbocycles. The first-order chi connectivity index (χ1) is 8.77. The Kier molecular flexibility index (Phi) is 5.29. The summed E-state index contributed by atoms with van der Waals surface area (Å²) in [6.07, 6.45) is 3.61. The van der Waals surface area contributed by atoms with Crippen LogP contribution in [0.25, 0.3) is 0 Å². The van der Waals surface area contributed by atoms with Crippen LogP contribution >= 0.6 is 0 Å². The molecule has 0 amide bonds. The normalized spacial score (nSPS) is 27.5. The zero-order valence-corrected chi connectivity index (χ0v) is 13.8. The molecule has 0 heterocycles. The van der Waals surface area contributed by atoms with Crippen molar-refractivity contribution in [3.05, 3.63) is 24.4 Å². The lowest BCUT2D eigenvalue weighted by molar-refractivity contribution is 0.433. The average Bonchev–Trinajstić information content (AvgIpc) is 2.89. The maximum absolute atomic E-state index is 4.30. The second-order valence-corrected chi connectivity index (χ2v) is 7.01. The Morgan fingerprint density at radius 2 is 1.84 bits per heavy atom. The van der Waals surface area contributed by atoms with Crippen molar-refractivity contribution in [2.24, 2.45) is 23.2 Å². The summed E-state index contributed by atoms with van der Waals surface area (Å²) in [5, 5.41) is 3.63. The van der Waals surface area contributed by atoms with Crippen LogP contribution in [0.4, 0.5) is 0 Å². The molecule has 0 spiro atoms. The third kappa shape index (κ3) is 3.43. The van der Waals surface area contributed by atoms with Crippen LogP contribution in [0.3, 0.4) is 0 Å². The van der Waals surface area contributed by atoms with E-state index < -0.39 is 0 Å². The molecular weight excluding hydrogens is 230 g/mol. The highest BCUT2D eigenvalue weighted by Crippen LogP contribution is 2.64. The summed E-state index contributed by atoms with van der Waals surface area (Å²) >= 11 is 0. The van der Waals surface area contributed by atoms with E-state index in [9.17, 15) is 0 Å². The van der Waals surface area contributed by atoms with Gasteiger partial charge in [-0.2, -0.15) is 0 Å². The number of hydrogen-bond donors (Lipinski definition) is 1. The Morgan fingerprint density at radius 1 is 1.26 bits per heavy atom. The molecule has 0 bridgehead atoms. The molecule has 1 nitrogen and oxygen atoms in total. The van der Waals surface area contributed by atoms with E-state index in [2.05, 4.69) is 60.0 Å². The van der Waals surface area contributed by atoms with Crippen LogP contribution in [0, 0.1) is 23.2 Å². The van der Waals surface area contributed by atoms with Gasteiger partial charge in [0, 0.05) is 11.7 Å².